The van der Waals surface area contributed by atoms with E-state index < -0.39 is 0 Å². The maximum Gasteiger partial charge on any atom is 0.258 e. The van der Waals surface area contributed by atoms with E-state index in [0.717, 1.165) is 0 Å². The van der Waals surface area contributed by atoms with Gasteiger partial charge in [-0.25, -0.2) is 0 Å². The van der Waals surface area contributed by atoms with Gasteiger partial charge in [0.15, 0.2) is 6.61 Å². The number of rotatable bonds is 4. The van der Waals surface area contributed by atoms with Gasteiger partial charge >= 0.3 is 0 Å². The first-order valence-electron chi connectivity index (χ1n) is 6.36. The molecule has 2 N–H and O–H groups in total. The number of hydrogen-bond donors (Lipinski definition) is 2. The number of carbonyl (C=O) groups is 2. The number of carbonyl (C=O) groups excluding carboxylic acids is 2. The lowest BCUT2D eigenvalue weighted by molar-refractivity contribution is -0.126. The number of nitrogens with one attached hydrogen (secondary N) is 2. The first-order valence-corrected chi connectivity index (χ1v) is 6.36. The molecule has 0 bridgehead atoms. The molecule has 6 heteroatoms. The van der Waals surface area contributed by atoms with Crippen molar-refractivity contribution in [3.05, 3.63) is 29.8 Å². The number of ether oxygens (including phenoxy) is 1. The van der Waals surface area contributed by atoms with E-state index in [1.165, 1.54) is 0 Å². The van der Waals surface area contributed by atoms with Crippen LogP contribution < -0.4 is 15.4 Å². The fourth-order valence-corrected chi connectivity index (χ4v) is 1.90. The second kappa shape index (κ2) is 6.57. The average molecular weight is 273 g/mol. The number of nitriles is 1. The Balaban J connectivity index is 1.74. The van der Waals surface area contributed by atoms with Crippen molar-refractivity contribution in [2.45, 2.75) is 18.9 Å². The van der Waals surface area contributed by atoms with E-state index in [1.807, 2.05) is 6.07 Å². The van der Waals surface area contributed by atoms with Crippen LogP contribution in [0, 0.1) is 11.3 Å². The highest BCUT2D eigenvalue weighted by atomic mass is 16.5. The van der Waals surface area contributed by atoms with Gasteiger partial charge in [-0.1, -0.05) is 0 Å². The molecule has 1 aliphatic rings. The lowest BCUT2D eigenvalue weighted by atomic mass is 10.1. The van der Waals surface area contributed by atoms with Crippen molar-refractivity contribution >= 4 is 11.8 Å². The van der Waals surface area contributed by atoms with Gasteiger partial charge in [0.1, 0.15) is 5.75 Å². The van der Waals surface area contributed by atoms with Gasteiger partial charge in [0.25, 0.3) is 5.91 Å². The van der Waals surface area contributed by atoms with Crippen molar-refractivity contribution < 1.29 is 14.3 Å². The second-order valence-electron chi connectivity index (χ2n) is 4.53. The summed E-state index contributed by atoms with van der Waals surface area (Å²) in [6, 6.07) is 8.52. The fourth-order valence-electron chi connectivity index (χ4n) is 1.90. The largest absolute Gasteiger partial charge is 0.484 e. The highest BCUT2D eigenvalue weighted by molar-refractivity contribution is 5.79. The van der Waals surface area contributed by atoms with Gasteiger partial charge < -0.3 is 15.4 Å². The molecule has 1 heterocycles. The maximum absolute atomic E-state index is 11.7. The van der Waals surface area contributed by atoms with Crippen LogP contribution in [0.2, 0.25) is 0 Å². The van der Waals surface area contributed by atoms with Gasteiger partial charge in [-0.05, 0) is 30.7 Å². The normalized spacial score (nSPS) is 17.8. The van der Waals surface area contributed by atoms with Crippen LogP contribution in [0.1, 0.15) is 18.4 Å². The lowest BCUT2D eigenvalue weighted by Crippen LogP contribution is -2.48. The summed E-state index contributed by atoms with van der Waals surface area (Å²) in [5.74, 6) is 0.330. The first-order chi connectivity index (χ1) is 9.67. The van der Waals surface area contributed by atoms with Crippen LogP contribution in [0.4, 0.5) is 0 Å². The zero-order valence-corrected chi connectivity index (χ0v) is 10.9. The third-order valence-electron chi connectivity index (χ3n) is 2.98. The molecule has 0 saturated carbocycles. The van der Waals surface area contributed by atoms with Crippen molar-refractivity contribution in [3.63, 3.8) is 0 Å². The molecule has 6 nitrogen and oxygen atoms in total. The minimum absolute atomic E-state index is 0.0179. The standard InChI is InChI=1S/C14H15N3O3/c15-7-10-1-4-12(5-2-10)20-9-14(19)17-11-3-6-13(18)16-8-11/h1-2,4-5,11H,3,6,8-9H2,(H,16,18)(H,17,19). The van der Waals surface area contributed by atoms with Gasteiger partial charge in [-0.2, -0.15) is 5.26 Å². The quantitative estimate of drug-likeness (QED) is 0.827. The Morgan fingerprint density at radius 1 is 1.45 bits per heavy atom. The molecule has 1 atom stereocenters. The highest BCUT2D eigenvalue weighted by Gasteiger charge is 2.19. The summed E-state index contributed by atoms with van der Waals surface area (Å²) in [4.78, 5) is 22.7. The van der Waals surface area contributed by atoms with Crippen molar-refractivity contribution in [2.75, 3.05) is 13.2 Å². The van der Waals surface area contributed by atoms with E-state index in [2.05, 4.69) is 10.6 Å². The number of hydrogen-bond acceptors (Lipinski definition) is 4. The molecule has 104 valence electrons. The van der Waals surface area contributed by atoms with Crippen LogP contribution in [-0.4, -0.2) is 31.0 Å². The molecule has 0 spiro atoms. The highest BCUT2D eigenvalue weighted by Crippen LogP contribution is 2.11. The number of nitrogens with zero attached hydrogens (tertiary/aromatic N) is 1. The summed E-state index contributed by atoms with van der Waals surface area (Å²) >= 11 is 0. The van der Waals surface area contributed by atoms with E-state index >= 15 is 0 Å². The molecule has 1 aliphatic heterocycles. The van der Waals surface area contributed by atoms with Gasteiger partial charge in [-0.3, -0.25) is 9.59 Å². The van der Waals surface area contributed by atoms with Gasteiger partial charge in [0, 0.05) is 19.0 Å². The number of benzene rings is 1. The fraction of sp³-hybridized carbons (Fsp3) is 0.357. The molecular weight excluding hydrogens is 258 g/mol. The van der Waals surface area contributed by atoms with E-state index in [4.69, 9.17) is 10.00 Å². The van der Waals surface area contributed by atoms with Gasteiger partial charge in [0.05, 0.1) is 11.6 Å². The third kappa shape index (κ3) is 3.99. The summed E-state index contributed by atoms with van der Waals surface area (Å²) < 4.78 is 5.32. The molecule has 2 amide bonds. The lowest BCUT2D eigenvalue weighted by Gasteiger charge is -2.23. The Hall–Kier alpha value is -2.55. The molecule has 1 unspecified atom stereocenters. The van der Waals surface area contributed by atoms with E-state index in [1.54, 1.807) is 24.3 Å². The zero-order valence-electron chi connectivity index (χ0n) is 10.9. The molecule has 1 aromatic rings. The summed E-state index contributed by atoms with van der Waals surface area (Å²) in [5.41, 5.74) is 0.541. The Labute approximate surface area is 116 Å². The smallest absolute Gasteiger partial charge is 0.258 e. The predicted octanol–water partition coefficient (Wildman–Crippen LogP) is 0.332. The minimum atomic E-state index is -0.226. The molecule has 1 fully saturated rings. The molecule has 20 heavy (non-hydrogen) atoms. The Morgan fingerprint density at radius 2 is 2.20 bits per heavy atom. The minimum Gasteiger partial charge on any atom is -0.484 e. The molecular formula is C14H15N3O3. The van der Waals surface area contributed by atoms with E-state index in [9.17, 15) is 9.59 Å². The Kier molecular flexibility index (Phi) is 4.56. The van der Waals surface area contributed by atoms with Crippen molar-refractivity contribution in [2.24, 2.45) is 0 Å². The van der Waals surface area contributed by atoms with Crippen LogP contribution in [0.25, 0.3) is 0 Å². The molecule has 0 aromatic heterocycles. The van der Waals surface area contributed by atoms with Crippen molar-refractivity contribution in [1.29, 1.82) is 5.26 Å². The first kappa shape index (κ1) is 13.9. The number of amides is 2. The SMILES string of the molecule is N#Cc1ccc(OCC(=O)NC2CCC(=O)NC2)cc1. The van der Waals surface area contributed by atoms with Gasteiger partial charge in [0.2, 0.25) is 5.91 Å². The van der Waals surface area contributed by atoms with Crippen LogP contribution in [0.15, 0.2) is 24.3 Å². The van der Waals surface area contributed by atoms with E-state index in [-0.39, 0.29) is 24.5 Å². The van der Waals surface area contributed by atoms with Crippen molar-refractivity contribution in [1.82, 2.24) is 10.6 Å². The van der Waals surface area contributed by atoms with Crippen LogP contribution >= 0.6 is 0 Å². The van der Waals surface area contributed by atoms with Crippen LogP contribution in [0.5, 0.6) is 5.75 Å². The molecule has 1 aromatic carbocycles. The zero-order chi connectivity index (χ0) is 14.4. The molecule has 2 rings (SSSR count). The number of piperidine rings is 1. The summed E-state index contributed by atoms with van der Waals surface area (Å²) in [6.07, 6.45) is 1.08. The molecule has 1 saturated heterocycles. The van der Waals surface area contributed by atoms with Crippen LogP contribution in [-0.2, 0) is 9.59 Å². The van der Waals surface area contributed by atoms with Gasteiger partial charge in [-0.15, -0.1) is 0 Å². The molecule has 0 aliphatic carbocycles. The Morgan fingerprint density at radius 3 is 2.80 bits per heavy atom. The van der Waals surface area contributed by atoms with Crippen LogP contribution in [0.3, 0.4) is 0 Å². The summed E-state index contributed by atoms with van der Waals surface area (Å²) in [5, 5.41) is 14.2. The molecule has 0 radical (unpaired) electrons. The monoisotopic (exact) mass is 273 g/mol. The van der Waals surface area contributed by atoms with Crippen molar-refractivity contribution in [3.8, 4) is 11.8 Å². The summed E-state index contributed by atoms with van der Waals surface area (Å²) in [6.45, 7) is 0.373. The predicted molar refractivity (Wildman–Crippen MR) is 70.8 cm³/mol. The topological polar surface area (TPSA) is 91.2 Å². The van der Waals surface area contributed by atoms with E-state index in [0.29, 0.717) is 30.7 Å². The maximum atomic E-state index is 11.7. The third-order valence-corrected chi connectivity index (χ3v) is 2.98. The Bertz CT molecular complexity index is 524. The second-order valence-corrected chi connectivity index (χ2v) is 4.53. The summed E-state index contributed by atoms with van der Waals surface area (Å²) in [7, 11) is 0. The average Bonchev–Trinajstić information content (AvgIpc) is 2.48.